The van der Waals surface area contributed by atoms with Gasteiger partial charge >= 0.3 is 6.03 Å². The van der Waals surface area contributed by atoms with Crippen molar-refractivity contribution in [2.24, 2.45) is 7.05 Å². The van der Waals surface area contributed by atoms with Crippen molar-refractivity contribution in [1.29, 1.82) is 0 Å². The van der Waals surface area contributed by atoms with E-state index in [9.17, 15) is 4.79 Å². The van der Waals surface area contributed by atoms with Crippen LogP contribution in [0.15, 0.2) is 60.7 Å². The van der Waals surface area contributed by atoms with Crippen LogP contribution >= 0.6 is 0 Å². The summed E-state index contributed by atoms with van der Waals surface area (Å²) in [6.07, 6.45) is 0. The Morgan fingerprint density at radius 1 is 0.962 bits per heavy atom. The van der Waals surface area contributed by atoms with E-state index >= 15 is 0 Å². The molecule has 0 atom stereocenters. The second kappa shape index (κ2) is 7.22. The van der Waals surface area contributed by atoms with Crippen molar-refractivity contribution in [3.63, 3.8) is 0 Å². The molecule has 0 unspecified atom stereocenters. The van der Waals surface area contributed by atoms with Crippen LogP contribution in [0, 0.1) is 0 Å². The Morgan fingerprint density at radius 3 is 2.38 bits per heavy atom. The molecule has 1 N–H and O–H groups in total. The third-order valence-electron chi connectivity index (χ3n) is 5.12. The van der Waals surface area contributed by atoms with Gasteiger partial charge in [0, 0.05) is 56.7 Å². The molecule has 2 amide bonds. The van der Waals surface area contributed by atoms with Gasteiger partial charge < -0.3 is 14.8 Å². The first-order valence-electron chi connectivity index (χ1n) is 9.07. The van der Waals surface area contributed by atoms with E-state index in [2.05, 4.69) is 52.2 Å². The highest BCUT2D eigenvalue weighted by atomic mass is 16.2. The monoisotopic (exact) mass is 348 g/mol. The van der Waals surface area contributed by atoms with Crippen molar-refractivity contribution in [3.8, 4) is 0 Å². The van der Waals surface area contributed by atoms with Crippen molar-refractivity contribution in [2.75, 3.05) is 31.5 Å². The molecule has 2 aromatic carbocycles. The Bertz CT molecular complexity index is 895. The molecule has 0 bridgehead atoms. The number of rotatable bonds is 3. The first-order chi connectivity index (χ1) is 12.7. The minimum atomic E-state index is -0.0135. The molecular formula is C21H24N4O. The summed E-state index contributed by atoms with van der Waals surface area (Å²) < 4.78 is 2.27. The van der Waals surface area contributed by atoms with E-state index in [0.29, 0.717) is 0 Å². The van der Waals surface area contributed by atoms with E-state index in [1.807, 2.05) is 35.2 Å². The molecule has 5 nitrogen and oxygen atoms in total. The van der Waals surface area contributed by atoms with Gasteiger partial charge in [0.05, 0.1) is 0 Å². The Kier molecular flexibility index (Phi) is 4.63. The smallest absolute Gasteiger partial charge is 0.321 e. The number of anilines is 1. The van der Waals surface area contributed by atoms with Gasteiger partial charge in [-0.3, -0.25) is 4.90 Å². The van der Waals surface area contributed by atoms with Crippen molar-refractivity contribution < 1.29 is 4.79 Å². The maximum absolute atomic E-state index is 12.4. The van der Waals surface area contributed by atoms with E-state index in [1.54, 1.807) is 0 Å². The molecule has 0 radical (unpaired) electrons. The topological polar surface area (TPSA) is 40.5 Å². The van der Waals surface area contributed by atoms with Crippen LogP contribution in [0.4, 0.5) is 10.5 Å². The standard InChI is InChI=1S/C21H24N4O/c1-23-19(15-17-7-5-6-10-20(17)23)16-24-11-13-25(14-12-24)21(26)22-18-8-3-2-4-9-18/h2-10,15H,11-14,16H2,1H3,(H,22,26). The van der Waals surface area contributed by atoms with Crippen molar-refractivity contribution in [2.45, 2.75) is 6.54 Å². The van der Waals surface area contributed by atoms with Gasteiger partial charge in [-0.25, -0.2) is 4.79 Å². The van der Waals surface area contributed by atoms with Crippen LogP contribution in [0.2, 0.25) is 0 Å². The summed E-state index contributed by atoms with van der Waals surface area (Å²) in [6, 6.07) is 20.4. The zero-order valence-electron chi connectivity index (χ0n) is 15.1. The lowest BCUT2D eigenvalue weighted by molar-refractivity contribution is 0.141. The molecule has 0 aliphatic carbocycles. The number of carbonyl (C=O) groups is 1. The number of carbonyl (C=O) groups excluding carboxylic acids is 1. The number of fused-ring (bicyclic) bond motifs is 1. The maximum Gasteiger partial charge on any atom is 0.321 e. The van der Waals surface area contributed by atoms with Crippen LogP contribution in [-0.2, 0) is 13.6 Å². The van der Waals surface area contributed by atoms with Crippen LogP contribution in [0.5, 0.6) is 0 Å². The second-order valence-corrected chi connectivity index (χ2v) is 6.81. The van der Waals surface area contributed by atoms with Gasteiger partial charge in [0.2, 0.25) is 0 Å². The molecule has 0 spiro atoms. The Balaban J connectivity index is 1.34. The van der Waals surface area contributed by atoms with Gasteiger partial charge in [-0.1, -0.05) is 36.4 Å². The summed E-state index contributed by atoms with van der Waals surface area (Å²) in [5, 5.41) is 4.25. The van der Waals surface area contributed by atoms with Gasteiger partial charge in [0.15, 0.2) is 0 Å². The summed E-state index contributed by atoms with van der Waals surface area (Å²) in [6.45, 7) is 4.21. The van der Waals surface area contributed by atoms with Gasteiger partial charge in [-0.2, -0.15) is 0 Å². The van der Waals surface area contributed by atoms with Crippen LogP contribution in [0.25, 0.3) is 10.9 Å². The summed E-state index contributed by atoms with van der Waals surface area (Å²) >= 11 is 0. The molecule has 5 heteroatoms. The van der Waals surface area contributed by atoms with E-state index in [-0.39, 0.29) is 6.03 Å². The average Bonchev–Trinajstić information content (AvgIpc) is 2.99. The van der Waals surface area contributed by atoms with Crippen molar-refractivity contribution >= 4 is 22.6 Å². The highest BCUT2D eigenvalue weighted by molar-refractivity contribution is 5.89. The normalized spacial score (nSPS) is 15.3. The molecule has 26 heavy (non-hydrogen) atoms. The second-order valence-electron chi connectivity index (χ2n) is 6.81. The molecule has 1 fully saturated rings. The number of hydrogen-bond donors (Lipinski definition) is 1. The molecule has 1 aliphatic rings. The maximum atomic E-state index is 12.4. The fraction of sp³-hybridized carbons (Fsp3) is 0.286. The summed E-state index contributed by atoms with van der Waals surface area (Å²) in [5.41, 5.74) is 3.42. The predicted octanol–water partition coefficient (Wildman–Crippen LogP) is 3.53. The Labute approximate surface area is 153 Å². The van der Waals surface area contributed by atoms with Crippen LogP contribution in [0.1, 0.15) is 5.69 Å². The van der Waals surface area contributed by atoms with Crippen molar-refractivity contribution in [3.05, 3.63) is 66.4 Å². The van der Waals surface area contributed by atoms with Gasteiger partial charge in [0.25, 0.3) is 0 Å². The molecule has 3 aromatic rings. The number of nitrogens with one attached hydrogen (secondary N) is 1. The van der Waals surface area contributed by atoms with Gasteiger partial charge in [0.1, 0.15) is 0 Å². The Morgan fingerprint density at radius 2 is 1.65 bits per heavy atom. The number of aromatic nitrogens is 1. The molecule has 4 rings (SSSR count). The summed E-state index contributed by atoms with van der Waals surface area (Å²) in [4.78, 5) is 16.7. The van der Waals surface area contributed by atoms with Crippen molar-refractivity contribution in [1.82, 2.24) is 14.4 Å². The molecule has 134 valence electrons. The first-order valence-corrected chi connectivity index (χ1v) is 9.07. The number of piperazine rings is 1. The first kappa shape index (κ1) is 16.7. The summed E-state index contributed by atoms with van der Waals surface area (Å²) in [5.74, 6) is 0. The van der Waals surface area contributed by atoms with Crippen LogP contribution in [-0.4, -0.2) is 46.6 Å². The Hall–Kier alpha value is -2.79. The van der Waals surface area contributed by atoms with E-state index < -0.39 is 0 Å². The molecule has 2 heterocycles. The highest BCUT2D eigenvalue weighted by Gasteiger charge is 2.22. The zero-order chi connectivity index (χ0) is 17.9. The highest BCUT2D eigenvalue weighted by Crippen LogP contribution is 2.20. The lowest BCUT2D eigenvalue weighted by Crippen LogP contribution is -2.49. The number of nitrogens with zero attached hydrogens (tertiary/aromatic N) is 3. The fourth-order valence-electron chi connectivity index (χ4n) is 3.56. The molecular weight excluding hydrogens is 324 g/mol. The van der Waals surface area contributed by atoms with E-state index in [1.165, 1.54) is 16.6 Å². The molecule has 0 saturated carbocycles. The molecule has 1 aliphatic heterocycles. The number of urea groups is 1. The van der Waals surface area contributed by atoms with Crippen LogP contribution < -0.4 is 5.32 Å². The number of hydrogen-bond acceptors (Lipinski definition) is 2. The SMILES string of the molecule is Cn1c(CN2CCN(C(=O)Nc3ccccc3)CC2)cc2ccccc21. The minimum absolute atomic E-state index is 0.0135. The quantitative estimate of drug-likeness (QED) is 0.787. The van der Waals surface area contributed by atoms with E-state index in [0.717, 1.165) is 38.4 Å². The fourth-order valence-corrected chi connectivity index (χ4v) is 3.56. The molecule has 1 aromatic heterocycles. The van der Waals surface area contributed by atoms with Crippen LogP contribution in [0.3, 0.4) is 0 Å². The average molecular weight is 348 g/mol. The third kappa shape index (κ3) is 3.44. The zero-order valence-corrected chi connectivity index (χ0v) is 15.1. The predicted molar refractivity (Wildman–Crippen MR) is 105 cm³/mol. The lowest BCUT2D eigenvalue weighted by Gasteiger charge is -2.34. The van der Waals surface area contributed by atoms with Gasteiger partial charge in [-0.15, -0.1) is 0 Å². The number of para-hydroxylation sites is 2. The van der Waals surface area contributed by atoms with Gasteiger partial charge in [-0.05, 0) is 29.7 Å². The number of amides is 2. The summed E-state index contributed by atoms with van der Waals surface area (Å²) in [7, 11) is 2.13. The number of aryl methyl sites for hydroxylation is 1. The largest absolute Gasteiger partial charge is 0.346 e. The van der Waals surface area contributed by atoms with E-state index in [4.69, 9.17) is 0 Å². The number of benzene rings is 2. The lowest BCUT2D eigenvalue weighted by atomic mass is 10.2. The third-order valence-corrected chi connectivity index (χ3v) is 5.12. The minimum Gasteiger partial charge on any atom is -0.346 e. The molecule has 1 saturated heterocycles.